The van der Waals surface area contributed by atoms with Gasteiger partial charge in [-0.1, -0.05) is 42.8 Å². The molecule has 4 rings (SSSR count). The summed E-state index contributed by atoms with van der Waals surface area (Å²) >= 11 is 0. The van der Waals surface area contributed by atoms with Gasteiger partial charge in [0.1, 0.15) is 5.82 Å². The first-order valence-corrected chi connectivity index (χ1v) is 11.6. The van der Waals surface area contributed by atoms with E-state index in [-0.39, 0.29) is 7.43 Å². The minimum absolute atomic E-state index is 0. The van der Waals surface area contributed by atoms with Gasteiger partial charge in [-0.15, -0.1) is 0 Å². The minimum atomic E-state index is 0. The van der Waals surface area contributed by atoms with Crippen molar-refractivity contribution < 1.29 is 0 Å². The molecule has 188 valence electrons. The van der Waals surface area contributed by atoms with Crippen LogP contribution in [-0.4, -0.2) is 19.9 Å². The number of aromatic nitrogens is 4. The summed E-state index contributed by atoms with van der Waals surface area (Å²) in [5, 5.41) is 0. The highest BCUT2D eigenvalue weighted by Crippen LogP contribution is 2.02. The molecule has 3 heterocycles. The van der Waals surface area contributed by atoms with E-state index >= 15 is 0 Å². The molecule has 0 unspecified atom stereocenters. The fourth-order valence-corrected chi connectivity index (χ4v) is 3.27. The predicted molar refractivity (Wildman–Crippen MR) is 151 cm³/mol. The molecule has 4 heteroatoms. The Morgan fingerprint density at radius 2 is 0.800 bits per heavy atom. The van der Waals surface area contributed by atoms with Crippen LogP contribution in [0.25, 0.3) is 0 Å². The highest BCUT2D eigenvalue weighted by atomic mass is 14.9. The Morgan fingerprint density at radius 3 is 1.11 bits per heavy atom. The maximum atomic E-state index is 4.23. The third-order valence-electron chi connectivity index (χ3n) is 4.59. The second-order valence-corrected chi connectivity index (χ2v) is 8.75. The summed E-state index contributed by atoms with van der Waals surface area (Å²) < 4.78 is 0. The second-order valence-electron chi connectivity index (χ2n) is 8.75. The minimum Gasteiger partial charge on any atom is -0.262 e. The molecule has 0 atom stereocenters. The Kier molecular flexibility index (Phi) is 14.7. The summed E-state index contributed by atoms with van der Waals surface area (Å²) in [6.07, 6.45) is 1.82. The summed E-state index contributed by atoms with van der Waals surface area (Å²) in [6.45, 7) is 20.2. The van der Waals surface area contributed by atoms with Crippen LogP contribution in [0.5, 0.6) is 0 Å². The van der Waals surface area contributed by atoms with E-state index in [0.717, 1.165) is 34.3 Å². The van der Waals surface area contributed by atoms with Crippen LogP contribution in [0.1, 0.15) is 64.0 Å². The molecule has 0 amide bonds. The second kappa shape index (κ2) is 16.3. The molecule has 0 radical (unpaired) electrons. The van der Waals surface area contributed by atoms with Crippen molar-refractivity contribution >= 4 is 0 Å². The van der Waals surface area contributed by atoms with Gasteiger partial charge in [0.05, 0.1) is 0 Å². The van der Waals surface area contributed by atoms with E-state index in [9.17, 15) is 0 Å². The number of hydrogen-bond donors (Lipinski definition) is 0. The Morgan fingerprint density at radius 1 is 0.400 bits per heavy atom. The van der Waals surface area contributed by atoms with E-state index < -0.39 is 0 Å². The van der Waals surface area contributed by atoms with Gasteiger partial charge in [-0.2, -0.15) is 0 Å². The van der Waals surface area contributed by atoms with Crippen molar-refractivity contribution in [2.75, 3.05) is 0 Å². The van der Waals surface area contributed by atoms with Crippen LogP contribution >= 0.6 is 0 Å². The van der Waals surface area contributed by atoms with Gasteiger partial charge in [0.2, 0.25) is 0 Å². The zero-order valence-electron chi connectivity index (χ0n) is 22.6. The number of aryl methyl sites for hydroxylation is 10. The van der Waals surface area contributed by atoms with E-state index in [2.05, 4.69) is 90.1 Å². The van der Waals surface area contributed by atoms with Crippen molar-refractivity contribution in [2.24, 2.45) is 0 Å². The van der Waals surface area contributed by atoms with Crippen LogP contribution in [0.3, 0.4) is 0 Å². The van der Waals surface area contributed by atoms with Crippen LogP contribution in [-0.2, 0) is 0 Å². The van der Waals surface area contributed by atoms with E-state index in [1.54, 1.807) is 0 Å². The first-order valence-electron chi connectivity index (χ1n) is 11.6. The summed E-state index contributed by atoms with van der Waals surface area (Å²) in [5.41, 5.74) is 10.6. The Hall–Kier alpha value is -3.40. The SMILES string of the molecule is C.Cc1cc(C)nc(C)c1.Cc1cc(C)nc(C)n1.Cc1ccc(C)cc1.Cc1ccnc(C)c1. The molecular weight excluding hydrogens is 428 g/mol. The number of rotatable bonds is 0. The molecule has 0 spiro atoms. The highest BCUT2D eigenvalue weighted by Gasteiger charge is 1.90. The van der Waals surface area contributed by atoms with Gasteiger partial charge in [0, 0.05) is 34.7 Å². The highest BCUT2D eigenvalue weighted by molar-refractivity contribution is 5.19. The van der Waals surface area contributed by atoms with Crippen LogP contribution < -0.4 is 0 Å². The van der Waals surface area contributed by atoms with Gasteiger partial charge in [0.15, 0.2) is 0 Å². The largest absolute Gasteiger partial charge is 0.262 e. The van der Waals surface area contributed by atoms with Gasteiger partial charge in [-0.3, -0.25) is 9.97 Å². The number of hydrogen-bond acceptors (Lipinski definition) is 4. The predicted octanol–water partition coefficient (Wildman–Crippen LogP) is 8.05. The standard InChI is InChI=1S/C8H11N.C8H10.C7H10N2.C7H9N.CH4/c1-6-4-7(2)9-8(3)5-6;1-7-3-5-8(2)6-4-7;1-5-4-6(2)9-7(3)8-5;1-6-3-4-8-7(2)5-6;/h4-5H,1-3H3;3-6H,1-2H3;4H,1-3H3;3-5H,1-2H3;1H4. The summed E-state index contributed by atoms with van der Waals surface area (Å²) in [4.78, 5) is 16.5. The molecule has 4 nitrogen and oxygen atoms in total. The zero-order valence-corrected chi connectivity index (χ0v) is 22.6. The number of benzene rings is 1. The average Bonchev–Trinajstić information content (AvgIpc) is 2.69. The quantitative estimate of drug-likeness (QED) is 0.260. The number of pyridine rings is 2. The lowest BCUT2D eigenvalue weighted by atomic mass is 10.2. The van der Waals surface area contributed by atoms with Gasteiger partial charge < -0.3 is 0 Å². The molecule has 0 N–H and O–H groups in total. The van der Waals surface area contributed by atoms with Crippen molar-refractivity contribution in [1.29, 1.82) is 0 Å². The Bertz CT molecular complexity index is 960. The zero-order chi connectivity index (χ0) is 25.7. The molecule has 0 bridgehead atoms. The summed E-state index contributed by atoms with van der Waals surface area (Å²) in [7, 11) is 0. The molecule has 1 aromatic carbocycles. The molecule has 0 aliphatic carbocycles. The van der Waals surface area contributed by atoms with Crippen LogP contribution in [0, 0.1) is 69.2 Å². The molecule has 0 fully saturated rings. The van der Waals surface area contributed by atoms with Gasteiger partial charge in [-0.25, -0.2) is 9.97 Å². The van der Waals surface area contributed by atoms with Crippen molar-refractivity contribution in [2.45, 2.75) is 76.7 Å². The molecule has 0 aliphatic heterocycles. The molecule has 3 aromatic heterocycles. The van der Waals surface area contributed by atoms with E-state index in [1.807, 2.05) is 59.9 Å². The van der Waals surface area contributed by atoms with Crippen molar-refractivity contribution in [3.8, 4) is 0 Å². The summed E-state index contributed by atoms with van der Waals surface area (Å²) in [5.74, 6) is 0.854. The lowest BCUT2D eigenvalue weighted by Gasteiger charge is -1.96. The maximum Gasteiger partial charge on any atom is 0.125 e. The van der Waals surface area contributed by atoms with Gasteiger partial charge in [0.25, 0.3) is 0 Å². The topological polar surface area (TPSA) is 51.6 Å². The van der Waals surface area contributed by atoms with Crippen LogP contribution in [0.15, 0.2) is 60.8 Å². The number of nitrogens with zero attached hydrogens (tertiary/aromatic N) is 4. The Balaban J connectivity index is 0.000000437. The monoisotopic (exact) mass is 472 g/mol. The van der Waals surface area contributed by atoms with Crippen molar-refractivity contribution in [3.63, 3.8) is 0 Å². The Labute approximate surface area is 214 Å². The molecule has 0 saturated heterocycles. The maximum absolute atomic E-state index is 4.23. The van der Waals surface area contributed by atoms with Crippen molar-refractivity contribution in [3.05, 3.63) is 117 Å². The van der Waals surface area contributed by atoms with E-state index in [4.69, 9.17) is 0 Å². The van der Waals surface area contributed by atoms with Gasteiger partial charge in [-0.05, 0) is 111 Å². The van der Waals surface area contributed by atoms with Gasteiger partial charge >= 0.3 is 0 Å². The molecule has 4 aromatic rings. The first kappa shape index (κ1) is 31.6. The summed E-state index contributed by atoms with van der Waals surface area (Å²) in [6, 6.07) is 18.6. The van der Waals surface area contributed by atoms with Crippen LogP contribution in [0.4, 0.5) is 0 Å². The van der Waals surface area contributed by atoms with Crippen molar-refractivity contribution in [1.82, 2.24) is 19.9 Å². The molecule has 0 saturated carbocycles. The van der Waals surface area contributed by atoms with Crippen LogP contribution in [0.2, 0.25) is 0 Å². The average molecular weight is 473 g/mol. The fraction of sp³-hybridized carbons (Fsp3) is 0.355. The third-order valence-corrected chi connectivity index (χ3v) is 4.59. The lowest BCUT2D eigenvalue weighted by molar-refractivity contribution is 0.976. The molecule has 35 heavy (non-hydrogen) atoms. The van der Waals surface area contributed by atoms with E-state index in [1.165, 1.54) is 22.3 Å². The first-order chi connectivity index (χ1) is 15.9. The lowest BCUT2D eigenvalue weighted by Crippen LogP contribution is -1.91. The third kappa shape index (κ3) is 15.2. The molecular formula is C31H44N4. The smallest absolute Gasteiger partial charge is 0.125 e. The normalized spacial score (nSPS) is 9.20. The fourth-order valence-electron chi connectivity index (χ4n) is 3.27. The van der Waals surface area contributed by atoms with E-state index in [0.29, 0.717) is 0 Å². The molecule has 0 aliphatic rings.